The molecule has 1 aromatic rings. The van der Waals surface area contributed by atoms with E-state index in [0.717, 1.165) is 6.07 Å². The number of benzene rings is 1. The zero-order valence-electron chi connectivity index (χ0n) is 6.80. The molecule has 0 amide bonds. The van der Waals surface area contributed by atoms with E-state index in [1.807, 2.05) is 0 Å². The molecule has 3 N–H and O–H groups in total. The fraction of sp³-hybridized carbons (Fsp3) is 0.111. The number of phenols is 1. The van der Waals surface area contributed by atoms with Gasteiger partial charge in [-0.2, -0.15) is 0 Å². The van der Waals surface area contributed by atoms with Crippen LogP contribution in [-0.4, -0.2) is 11.7 Å². The molecule has 0 aromatic heterocycles. The van der Waals surface area contributed by atoms with Gasteiger partial charge in [0, 0.05) is 12.1 Å². The summed E-state index contributed by atoms with van der Waals surface area (Å²) in [6, 6.07) is 2.24. The highest BCUT2D eigenvalue weighted by Gasteiger charge is 2.05. The normalized spacial score (nSPS) is 11.0. The molecule has 0 fully saturated rings. The summed E-state index contributed by atoms with van der Waals surface area (Å²) in [5.41, 5.74) is 5.54. The molecular formula is C9H9ClFNO. The molecule has 0 bridgehead atoms. The molecule has 70 valence electrons. The molecule has 0 heterocycles. The van der Waals surface area contributed by atoms with Crippen molar-refractivity contribution < 1.29 is 9.50 Å². The summed E-state index contributed by atoms with van der Waals surface area (Å²) in [7, 11) is 0. The highest BCUT2D eigenvalue weighted by molar-refractivity contribution is 6.32. The van der Waals surface area contributed by atoms with Crippen molar-refractivity contribution in [1.29, 1.82) is 0 Å². The lowest BCUT2D eigenvalue weighted by Gasteiger charge is -2.01. The van der Waals surface area contributed by atoms with Crippen LogP contribution in [0.25, 0.3) is 6.08 Å². The average Bonchev–Trinajstić information content (AvgIpc) is 2.09. The van der Waals surface area contributed by atoms with Crippen molar-refractivity contribution in [1.82, 2.24) is 0 Å². The number of aromatic hydroxyl groups is 1. The van der Waals surface area contributed by atoms with E-state index < -0.39 is 5.82 Å². The second kappa shape index (κ2) is 4.25. The lowest BCUT2D eigenvalue weighted by molar-refractivity contribution is 0.472. The fourth-order valence-electron chi connectivity index (χ4n) is 0.908. The Hall–Kier alpha value is -1.06. The standard InChI is InChI=1S/C9H9ClFNO/c10-8-5-7(11)4-6(9(8)13)2-1-3-12/h1-2,4-5,13H,3,12H2. The molecule has 0 saturated heterocycles. The van der Waals surface area contributed by atoms with Crippen molar-refractivity contribution in [3.63, 3.8) is 0 Å². The number of halogens is 2. The summed E-state index contributed by atoms with van der Waals surface area (Å²) in [6.07, 6.45) is 3.12. The molecule has 0 spiro atoms. The fourth-order valence-corrected chi connectivity index (χ4v) is 1.12. The van der Waals surface area contributed by atoms with Crippen LogP contribution < -0.4 is 5.73 Å². The van der Waals surface area contributed by atoms with Gasteiger partial charge in [-0.15, -0.1) is 0 Å². The summed E-state index contributed by atoms with van der Waals surface area (Å²) in [6.45, 7) is 0.327. The summed E-state index contributed by atoms with van der Waals surface area (Å²) >= 11 is 5.54. The number of nitrogens with two attached hydrogens (primary N) is 1. The largest absolute Gasteiger partial charge is 0.506 e. The van der Waals surface area contributed by atoms with E-state index in [1.54, 1.807) is 6.08 Å². The molecule has 2 nitrogen and oxygen atoms in total. The van der Waals surface area contributed by atoms with Gasteiger partial charge in [0.2, 0.25) is 0 Å². The van der Waals surface area contributed by atoms with Crippen LogP contribution in [0.4, 0.5) is 4.39 Å². The highest BCUT2D eigenvalue weighted by atomic mass is 35.5. The summed E-state index contributed by atoms with van der Waals surface area (Å²) in [5, 5.41) is 9.35. The molecule has 13 heavy (non-hydrogen) atoms. The van der Waals surface area contributed by atoms with Crippen LogP contribution in [-0.2, 0) is 0 Å². The number of phenolic OH excluding ortho intramolecular Hbond substituents is 1. The zero-order chi connectivity index (χ0) is 9.84. The minimum atomic E-state index is -0.487. The first kappa shape index (κ1) is 10.0. The molecule has 1 aromatic carbocycles. The summed E-state index contributed by atoms with van der Waals surface area (Å²) < 4.78 is 12.8. The number of hydrogen-bond donors (Lipinski definition) is 2. The van der Waals surface area contributed by atoms with Gasteiger partial charge in [0.1, 0.15) is 11.6 Å². The molecule has 0 atom stereocenters. The highest BCUT2D eigenvalue weighted by Crippen LogP contribution is 2.29. The second-order valence-corrected chi connectivity index (χ2v) is 2.87. The van der Waals surface area contributed by atoms with Crippen molar-refractivity contribution in [2.45, 2.75) is 0 Å². The molecule has 0 unspecified atom stereocenters. The predicted octanol–water partition coefficient (Wildman–Crippen LogP) is 2.16. The van der Waals surface area contributed by atoms with Gasteiger partial charge in [-0.25, -0.2) is 4.39 Å². The monoisotopic (exact) mass is 201 g/mol. The van der Waals surface area contributed by atoms with E-state index in [9.17, 15) is 9.50 Å². The first-order chi connectivity index (χ1) is 6.15. The van der Waals surface area contributed by atoms with E-state index in [4.69, 9.17) is 17.3 Å². The van der Waals surface area contributed by atoms with Crippen molar-refractivity contribution >= 4 is 17.7 Å². The second-order valence-electron chi connectivity index (χ2n) is 2.46. The molecule has 0 aliphatic carbocycles. The van der Waals surface area contributed by atoms with Crippen molar-refractivity contribution in [2.24, 2.45) is 5.73 Å². The quantitative estimate of drug-likeness (QED) is 0.770. The Bertz CT molecular complexity index is 339. The smallest absolute Gasteiger partial charge is 0.141 e. The van der Waals surface area contributed by atoms with Crippen molar-refractivity contribution in [3.8, 4) is 5.75 Å². The SMILES string of the molecule is NCC=Cc1cc(F)cc(Cl)c1O. The Kier molecular flexibility index (Phi) is 3.28. The van der Waals surface area contributed by atoms with E-state index in [2.05, 4.69) is 0 Å². The van der Waals surface area contributed by atoms with Crippen LogP contribution in [0.5, 0.6) is 5.75 Å². The van der Waals surface area contributed by atoms with Gasteiger partial charge in [0.25, 0.3) is 0 Å². The van der Waals surface area contributed by atoms with Gasteiger partial charge in [0.15, 0.2) is 0 Å². The van der Waals surface area contributed by atoms with Crippen LogP contribution in [0.15, 0.2) is 18.2 Å². The first-order valence-electron chi connectivity index (χ1n) is 3.69. The Labute approximate surface area is 80.4 Å². The van der Waals surface area contributed by atoms with Crippen molar-refractivity contribution in [2.75, 3.05) is 6.54 Å². The molecule has 0 aliphatic heterocycles. The van der Waals surface area contributed by atoms with E-state index in [-0.39, 0.29) is 10.8 Å². The molecule has 4 heteroatoms. The maximum atomic E-state index is 12.8. The third-order valence-corrected chi connectivity index (χ3v) is 1.78. The Morgan fingerprint density at radius 1 is 1.54 bits per heavy atom. The van der Waals surface area contributed by atoms with Crippen LogP contribution >= 0.6 is 11.6 Å². The maximum absolute atomic E-state index is 12.8. The van der Waals surface area contributed by atoms with E-state index >= 15 is 0 Å². The van der Waals surface area contributed by atoms with Crippen LogP contribution in [0, 0.1) is 5.82 Å². The maximum Gasteiger partial charge on any atom is 0.141 e. The lowest BCUT2D eigenvalue weighted by Crippen LogP contribution is -1.92. The van der Waals surface area contributed by atoms with Gasteiger partial charge in [-0.1, -0.05) is 23.8 Å². The predicted molar refractivity (Wildman–Crippen MR) is 51.2 cm³/mol. The average molecular weight is 202 g/mol. The molecule has 0 radical (unpaired) electrons. The summed E-state index contributed by atoms with van der Waals surface area (Å²) in [4.78, 5) is 0. The van der Waals surface area contributed by atoms with Gasteiger partial charge in [-0.05, 0) is 12.1 Å². The number of hydrogen-bond acceptors (Lipinski definition) is 2. The van der Waals surface area contributed by atoms with Gasteiger partial charge < -0.3 is 10.8 Å². The third-order valence-electron chi connectivity index (χ3n) is 1.49. The minimum Gasteiger partial charge on any atom is -0.506 e. The number of rotatable bonds is 2. The van der Waals surface area contributed by atoms with Crippen LogP contribution in [0.1, 0.15) is 5.56 Å². The summed E-state index contributed by atoms with van der Waals surface area (Å²) in [5.74, 6) is -0.618. The molecule has 1 rings (SSSR count). The van der Waals surface area contributed by atoms with E-state index in [1.165, 1.54) is 12.1 Å². The third kappa shape index (κ3) is 2.44. The molecule has 0 saturated carbocycles. The van der Waals surface area contributed by atoms with E-state index in [0.29, 0.717) is 12.1 Å². The van der Waals surface area contributed by atoms with Crippen LogP contribution in [0.3, 0.4) is 0 Å². The lowest BCUT2D eigenvalue weighted by atomic mass is 10.2. The topological polar surface area (TPSA) is 46.2 Å². The van der Waals surface area contributed by atoms with Gasteiger partial charge >= 0.3 is 0 Å². The first-order valence-corrected chi connectivity index (χ1v) is 4.07. The van der Waals surface area contributed by atoms with Gasteiger partial charge in [-0.3, -0.25) is 0 Å². The van der Waals surface area contributed by atoms with Crippen molar-refractivity contribution in [3.05, 3.63) is 34.6 Å². The Balaban J connectivity index is 3.12. The van der Waals surface area contributed by atoms with Gasteiger partial charge in [0.05, 0.1) is 5.02 Å². The Morgan fingerprint density at radius 2 is 2.23 bits per heavy atom. The minimum absolute atomic E-state index is 0.00308. The molecular weight excluding hydrogens is 193 g/mol. The van der Waals surface area contributed by atoms with Crippen LogP contribution in [0.2, 0.25) is 5.02 Å². The zero-order valence-corrected chi connectivity index (χ0v) is 7.55. The molecule has 0 aliphatic rings. The Morgan fingerprint density at radius 3 is 2.85 bits per heavy atom.